The van der Waals surface area contributed by atoms with Gasteiger partial charge >= 0.3 is 0 Å². The van der Waals surface area contributed by atoms with Crippen LogP contribution in [0.5, 0.6) is 11.5 Å². The molecule has 0 fully saturated rings. The largest absolute Gasteiger partial charge is 0.505 e. The molecule has 0 saturated heterocycles. The lowest BCUT2D eigenvalue weighted by molar-refractivity contribution is 0.416. The van der Waals surface area contributed by atoms with E-state index in [1.54, 1.807) is 63.2 Å². The zero-order chi connectivity index (χ0) is 34.6. The number of benzene rings is 5. The molecule has 0 atom stereocenters. The average Bonchev–Trinajstić information content (AvgIpc) is 3.06. The van der Waals surface area contributed by atoms with Gasteiger partial charge in [-0.15, -0.1) is 0 Å². The molecule has 5 rings (SSSR count). The van der Waals surface area contributed by atoms with Gasteiger partial charge < -0.3 is 20.5 Å². The van der Waals surface area contributed by atoms with Gasteiger partial charge in [0.1, 0.15) is 22.1 Å². The van der Waals surface area contributed by atoms with Crippen LogP contribution in [0.15, 0.2) is 111 Å². The van der Waals surface area contributed by atoms with Gasteiger partial charge in [-0.3, -0.25) is 4.55 Å². The van der Waals surface area contributed by atoms with Crippen molar-refractivity contribution in [2.45, 2.75) is 30.6 Å². The van der Waals surface area contributed by atoms with Crippen molar-refractivity contribution < 1.29 is 31.2 Å². The second-order valence-corrected chi connectivity index (χ2v) is 14.1. The molecule has 0 aliphatic rings. The number of azo groups is 1. The van der Waals surface area contributed by atoms with Crippen molar-refractivity contribution in [1.82, 2.24) is 4.31 Å². The van der Waals surface area contributed by atoms with E-state index in [2.05, 4.69) is 20.9 Å². The van der Waals surface area contributed by atoms with Gasteiger partial charge in [0.15, 0.2) is 0 Å². The van der Waals surface area contributed by atoms with Crippen molar-refractivity contribution in [3.05, 3.63) is 96.6 Å². The van der Waals surface area contributed by atoms with Crippen LogP contribution in [0, 0.1) is 6.92 Å². The maximum atomic E-state index is 12.8. The second-order valence-electron chi connectivity index (χ2n) is 10.7. The molecular formula is C34H35N5O7S2. The standard InChI is InChI=1S/C34H35N5O7S2/c1-5-39(6-2)47(41,42)27-15-12-25(13-16-27)37-38-29-21-31(46-4)30(18-22(29)3)36-33-32(48(43,44)45)20-23-19-26(14-17-28(23)34(33)40)35-24-10-8-7-9-11-24/h7-21,35-36,40H,5-6H2,1-4H3,(H,43,44,45). The van der Waals surface area contributed by atoms with E-state index >= 15 is 0 Å². The van der Waals surface area contributed by atoms with Crippen molar-refractivity contribution in [3.8, 4) is 11.5 Å². The molecule has 0 amide bonds. The first-order chi connectivity index (χ1) is 22.8. The number of phenols is 1. The molecule has 0 aliphatic heterocycles. The summed E-state index contributed by atoms with van der Waals surface area (Å²) in [6, 6.07) is 25.0. The lowest BCUT2D eigenvalue weighted by Gasteiger charge is -2.18. The Bertz CT molecular complexity index is 2210. The van der Waals surface area contributed by atoms with Crippen LogP contribution in [0.3, 0.4) is 0 Å². The van der Waals surface area contributed by atoms with Gasteiger partial charge in [0, 0.05) is 35.9 Å². The zero-order valence-electron chi connectivity index (χ0n) is 26.7. The van der Waals surface area contributed by atoms with Gasteiger partial charge in [0.2, 0.25) is 10.0 Å². The van der Waals surface area contributed by atoms with Crippen LogP contribution in [0.4, 0.5) is 34.1 Å². The monoisotopic (exact) mass is 689 g/mol. The number of fused-ring (bicyclic) bond motifs is 1. The lowest BCUT2D eigenvalue weighted by atomic mass is 10.1. The van der Waals surface area contributed by atoms with E-state index in [1.165, 1.54) is 29.6 Å². The molecular weight excluding hydrogens is 655 g/mol. The van der Waals surface area contributed by atoms with Crippen LogP contribution in [0.1, 0.15) is 19.4 Å². The number of methoxy groups -OCH3 is 1. The number of anilines is 4. The number of rotatable bonds is 12. The van der Waals surface area contributed by atoms with Gasteiger partial charge in [-0.1, -0.05) is 32.0 Å². The molecule has 250 valence electrons. The maximum absolute atomic E-state index is 12.8. The van der Waals surface area contributed by atoms with Crippen LogP contribution >= 0.6 is 0 Å². The number of ether oxygens (including phenoxy) is 1. The molecule has 0 bridgehead atoms. The fourth-order valence-electron chi connectivity index (χ4n) is 5.15. The van der Waals surface area contributed by atoms with Crippen molar-refractivity contribution in [1.29, 1.82) is 0 Å². The van der Waals surface area contributed by atoms with E-state index in [4.69, 9.17) is 4.74 Å². The summed E-state index contributed by atoms with van der Waals surface area (Å²) in [6.45, 7) is 6.03. The fourth-order valence-corrected chi connectivity index (χ4v) is 7.29. The van der Waals surface area contributed by atoms with E-state index < -0.39 is 25.0 Å². The number of aryl methyl sites for hydroxylation is 1. The smallest absolute Gasteiger partial charge is 0.296 e. The van der Waals surface area contributed by atoms with Crippen LogP contribution in [-0.4, -0.2) is 51.0 Å². The molecule has 12 nitrogen and oxygen atoms in total. The predicted octanol–water partition coefficient (Wildman–Crippen LogP) is 8.04. The highest BCUT2D eigenvalue weighted by atomic mass is 32.2. The summed E-state index contributed by atoms with van der Waals surface area (Å²) in [6.07, 6.45) is 0. The first-order valence-corrected chi connectivity index (χ1v) is 17.8. The predicted molar refractivity (Wildman–Crippen MR) is 187 cm³/mol. The number of hydrogen-bond acceptors (Lipinski definition) is 10. The number of phenolic OH excluding ortho intramolecular Hbond substituents is 1. The Labute approximate surface area is 279 Å². The van der Waals surface area contributed by atoms with Crippen LogP contribution in [0.2, 0.25) is 0 Å². The third-order valence-corrected chi connectivity index (χ3v) is 10.6. The Morgan fingerprint density at radius 1 is 0.812 bits per heavy atom. The summed E-state index contributed by atoms with van der Waals surface area (Å²) >= 11 is 0. The Morgan fingerprint density at radius 3 is 2.12 bits per heavy atom. The van der Waals surface area contributed by atoms with E-state index in [-0.39, 0.29) is 22.1 Å². The summed E-state index contributed by atoms with van der Waals surface area (Å²) in [7, 11) is -6.99. The van der Waals surface area contributed by atoms with Gasteiger partial charge in [-0.2, -0.15) is 23.0 Å². The highest BCUT2D eigenvalue weighted by Crippen LogP contribution is 2.44. The number of nitrogens with zero attached hydrogens (tertiary/aromatic N) is 3. The molecule has 0 aliphatic carbocycles. The molecule has 0 radical (unpaired) electrons. The van der Waals surface area contributed by atoms with Crippen LogP contribution < -0.4 is 15.4 Å². The first kappa shape index (κ1) is 34.3. The molecule has 4 N–H and O–H groups in total. The molecule has 5 aromatic rings. The summed E-state index contributed by atoms with van der Waals surface area (Å²) in [5, 5.41) is 26.7. The van der Waals surface area contributed by atoms with Gasteiger partial charge in [0.05, 0.1) is 29.1 Å². The third kappa shape index (κ3) is 7.26. The van der Waals surface area contributed by atoms with Gasteiger partial charge in [0.25, 0.3) is 10.1 Å². The number of aromatic hydroxyl groups is 1. The minimum absolute atomic E-state index is 0.156. The first-order valence-electron chi connectivity index (χ1n) is 14.9. The topological polar surface area (TPSA) is 170 Å². The van der Waals surface area contributed by atoms with E-state index in [0.29, 0.717) is 52.2 Å². The summed E-state index contributed by atoms with van der Waals surface area (Å²) in [5.41, 5.74) is 3.00. The highest BCUT2D eigenvalue weighted by molar-refractivity contribution is 7.89. The summed E-state index contributed by atoms with van der Waals surface area (Å²) in [5.74, 6) is -0.139. The van der Waals surface area contributed by atoms with Crippen LogP contribution in [-0.2, 0) is 20.1 Å². The normalized spacial score (nSPS) is 12.1. The van der Waals surface area contributed by atoms with Gasteiger partial charge in [-0.25, -0.2) is 8.42 Å². The number of sulfonamides is 1. The minimum Gasteiger partial charge on any atom is -0.505 e. The lowest BCUT2D eigenvalue weighted by Crippen LogP contribution is -2.30. The maximum Gasteiger partial charge on any atom is 0.296 e. The van der Waals surface area contributed by atoms with Crippen molar-refractivity contribution in [2.24, 2.45) is 10.2 Å². The van der Waals surface area contributed by atoms with Crippen molar-refractivity contribution in [2.75, 3.05) is 30.8 Å². The van der Waals surface area contributed by atoms with Crippen LogP contribution in [0.25, 0.3) is 10.8 Å². The molecule has 5 aromatic carbocycles. The van der Waals surface area contributed by atoms with Crippen molar-refractivity contribution in [3.63, 3.8) is 0 Å². The minimum atomic E-state index is -4.79. The molecule has 0 aromatic heterocycles. The Balaban J connectivity index is 1.46. The third-order valence-electron chi connectivity index (χ3n) is 7.65. The molecule has 0 saturated carbocycles. The average molecular weight is 690 g/mol. The fraction of sp³-hybridized carbons (Fsp3) is 0.176. The molecule has 0 unspecified atom stereocenters. The zero-order valence-corrected chi connectivity index (χ0v) is 28.3. The molecule has 0 spiro atoms. The van der Waals surface area contributed by atoms with Crippen molar-refractivity contribution >= 4 is 65.0 Å². The van der Waals surface area contributed by atoms with E-state index in [1.807, 2.05) is 30.3 Å². The second kappa shape index (κ2) is 14.0. The van der Waals surface area contributed by atoms with E-state index in [0.717, 1.165) is 5.69 Å². The molecule has 0 heterocycles. The Hall–Kier alpha value is -5.02. The quantitative estimate of drug-likeness (QED) is 0.0575. The molecule has 14 heteroatoms. The summed E-state index contributed by atoms with van der Waals surface area (Å²) in [4.78, 5) is -0.372. The van der Waals surface area contributed by atoms with E-state index in [9.17, 15) is 26.5 Å². The number of para-hydroxylation sites is 1. The highest BCUT2D eigenvalue weighted by Gasteiger charge is 2.24. The Kier molecular flexibility index (Phi) is 10.0. The Morgan fingerprint density at radius 2 is 1.50 bits per heavy atom. The number of nitrogens with one attached hydrogen (secondary N) is 2. The SMILES string of the molecule is CCN(CC)S(=O)(=O)c1ccc(N=Nc2cc(OC)c(Nc3c(S(=O)(=O)O)cc4cc(Nc5ccccc5)ccc4c3O)cc2C)cc1. The summed E-state index contributed by atoms with van der Waals surface area (Å²) < 4.78 is 67.7. The molecule has 48 heavy (non-hydrogen) atoms. The van der Waals surface area contributed by atoms with Gasteiger partial charge in [-0.05, 0) is 84.6 Å². The number of hydrogen-bond donors (Lipinski definition) is 4.